The first-order valence-electron chi connectivity index (χ1n) is 0.816. The summed E-state index contributed by atoms with van der Waals surface area (Å²) in [5, 5.41) is 0. The van der Waals surface area contributed by atoms with Crippen molar-refractivity contribution in [1.29, 1.82) is 0 Å². The van der Waals surface area contributed by atoms with Gasteiger partial charge in [-0.1, -0.05) is 0 Å². The van der Waals surface area contributed by atoms with E-state index in [4.69, 9.17) is 9.59 Å². The van der Waals surface area contributed by atoms with Crippen LogP contribution in [0.4, 0.5) is 0 Å². The van der Waals surface area contributed by atoms with Crippen LogP contribution in [0.2, 0.25) is 0 Å². The molecule has 5 heavy (non-hydrogen) atoms. The van der Waals surface area contributed by atoms with Gasteiger partial charge < -0.3 is 0 Å². The summed E-state index contributed by atoms with van der Waals surface area (Å²) in [7, 11) is 0. The maximum absolute atomic E-state index is 9.08. The Kier molecular flexibility index (Phi) is 3.73. The Morgan fingerprint density at radius 3 is 1.60 bits per heavy atom. The predicted molar refractivity (Wildman–Crippen MR) is 11.4 cm³/mol. The molecule has 0 fully saturated rings. The van der Waals surface area contributed by atoms with E-state index in [1.807, 2.05) is 0 Å². The molecule has 0 aromatic rings. The molecule has 0 aliphatic carbocycles. The molecule has 0 N–H and O–H groups in total. The molecular weight excluding hydrogens is 152 g/mol. The zero-order chi connectivity index (χ0) is 4.12. The van der Waals surface area contributed by atoms with Gasteiger partial charge in [-0.2, -0.15) is 0 Å². The summed E-state index contributed by atoms with van der Waals surface area (Å²) in [6, 6.07) is 0. The third-order valence-electron chi connectivity index (χ3n) is 0.0833. The van der Waals surface area contributed by atoms with Crippen molar-refractivity contribution in [3.8, 4) is 0 Å². The first kappa shape index (κ1) is 4.85. The fraction of sp³-hybridized carbons (Fsp3) is 0. The Labute approximate surface area is 36.4 Å². The van der Waals surface area contributed by atoms with Crippen molar-refractivity contribution in [3.05, 3.63) is 0 Å². The van der Waals surface area contributed by atoms with E-state index in [9.17, 15) is 0 Å². The molecule has 0 aromatic heterocycles. The summed E-state index contributed by atoms with van der Waals surface area (Å²) in [5.74, 6) is 0. The van der Waals surface area contributed by atoms with Gasteiger partial charge in [-0.25, -0.2) is 0 Å². The van der Waals surface area contributed by atoms with Gasteiger partial charge in [0, 0.05) is 0 Å². The summed E-state index contributed by atoms with van der Waals surface area (Å²) in [5.41, 5.74) is 0. The van der Waals surface area contributed by atoms with E-state index in [1.54, 1.807) is 0 Å². The quantitative estimate of drug-likeness (QED) is 0.426. The van der Waals surface area contributed by atoms with Crippen molar-refractivity contribution in [3.63, 3.8) is 0 Å². The van der Waals surface area contributed by atoms with E-state index in [0.717, 1.165) is 0 Å². The molecule has 26 valence electrons. The fourth-order valence-corrected chi connectivity index (χ4v) is 0.101. The third kappa shape index (κ3) is 3.85. The second-order valence-electron chi connectivity index (χ2n) is 0.269. The molecule has 0 unspecified atom stereocenters. The Balaban J connectivity index is 4.38. The van der Waals surface area contributed by atoms with E-state index in [1.165, 1.54) is 8.53 Å². The molecule has 0 spiro atoms. The van der Waals surface area contributed by atoms with Crippen molar-refractivity contribution < 1.29 is 27.2 Å². The molecule has 0 aliphatic heterocycles. The van der Waals surface area contributed by atoms with Crippen LogP contribution in [0.15, 0.2) is 0 Å². The zero-order valence-corrected chi connectivity index (χ0v) is 4.23. The second kappa shape index (κ2) is 3.85. The van der Waals surface area contributed by atoms with Gasteiger partial charge in [-0.15, -0.1) is 0 Å². The van der Waals surface area contributed by atoms with Gasteiger partial charge in [0.2, 0.25) is 0 Å². The summed E-state index contributed by atoms with van der Waals surface area (Å²) >= 11 is -1.12. The molecule has 0 bridgehead atoms. The van der Waals surface area contributed by atoms with E-state index in [-0.39, 0.29) is 0 Å². The third-order valence-corrected chi connectivity index (χ3v) is 0.493. The monoisotopic (exact) mass is 154 g/mol. The molecule has 0 saturated heterocycles. The van der Waals surface area contributed by atoms with E-state index in [0.29, 0.717) is 0 Å². The average molecular weight is 152 g/mol. The first-order chi connectivity index (χ1) is 2.41. The predicted octanol–water partition coefficient (Wildman–Crippen LogP) is -0.797. The molecule has 0 aliphatic rings. The minimum absolute atomic E-state index is 1.12. The number of hydrogen-bond acceptors (Lipinski definition) is 2. The number of rotatable bonds is 0. The van der Waals surface area contributed by atoms with Crippen LogP contribution in [0, 0.1) is 0 Å². The summed E-state index contributed by atoms with van der Waals surface area (Å²) in [6.45, 7) is 0. The normalized spacial score (nSPS) is 4.00. The molecule has 0 amide bonds. The van der Waals surface area contributed by atoms with E-state index < -0.39 is 17.6 Å². The van der Waals surface area contributed by atoms with Crippen LogP contribution in [0.3, 0.4) is 0 Å². The van der Waals surface area contributed by atoms with Gasteiger partial charge in [0.15, 0.2) is 0 Å². The Hall–Kier alpha value is -0.152. The van der Waals surface area contributed by atoms with Gasteiger partial charge in [0.1, 0.15) is 0 Å². The van der Waals surface area contributed by atoms with Crippen molar-refractivity contribution in [1.82, 2.24) is 0 Å². The van der Waals surface area contributed by atoms with Crippen LogP contribution in [0.25, 0.3) is 0 Å². The SMILES string of the molecule is O=[C]=[Mo]=[C]=O. The van der Waals surface area contributed by atoms with Gasteiger partial charge in [0.25, 0.3) is 0 Å². The summed E-state index contributed by atoms with van der Waals surface area (Å²) < 4.78 is 2.95. The van der Waals surface area contributed by atoms with Gasteiger partial charge >= 0.3 is 35.8 Å². The molecule has 0 heterocycles. The van der Waals surface area contributed by atoms with Crippen LogP contribution in [-0.4, -0.2) is 8.53 Å². The van der Waals surface area contributed by atoms with E-state index in [2.05, 4.69) is 0 Å². The van der Waals surface area contributed by atoms with Crippen molar-refractivity contribution in [2.45, 2.75) is 0 Å². The van der Waals surface area contributed by atoms with Gasteiger partial charge in [0.05, 0.1) is 0 Å². The van der Waals surface area contributed by atoms with Crippen LogP contribution < -0.4 is 0 Å². The molecule has 0 rings (SSSR count). The molecule has 0 radical (unpaired) electrons. The maximum atomic E-state index is 9.08. The number of carbonyl (C=O) groups excluding carboxylic acids is 2. The van der Waals surface area contributed by atoms with Crippen molar-refractivity contribution in [2.24, 2.45) is 0 Å². The molecule has 0 atom stereocenters. The Morgan fingerprint density at radius 2 is 1.60 bits per heavy atom. The standard InChI is InChI=1S/2CO.Mo/c2*1-2;. The van der Waals surface area contributed by atoms with Gasteiger partial charge in [-0.3, -0.25) is 0 Å². The molecule has 0 saturated carbocycles. The molecule has 3 heteroatoms. The Morgan fingerprint density at radius 1 is 1.20 bits per heavy atom. The minimum atomic E-state index is -1.12. The van der Waals surface area contributed by atoms with Crippen LogP contribution >= 0.6 is 0 Å². The van der Waals surface area contributed by atoms with Crippen LogP contribution in [0.1, 0.15) is 0 Å². The average Bonchev–Trinajstić information content (AvgIpc) is 1.41. The number of hydrogen-bond donors (Lipinski definition) is 0. The van der Waals surface area contributed by atoms with Crippen LogP contribution in [0.5, 0.6) is 0 Å². The molecular formula is C2MoO2. The van der Waals surface area contributed by atoms with Crippen molar-refractivity contribution in [2.75, 3.05) is 0 Å². The zero-order valence-electron chi connectivity index (χ0n) is 2.22. The van der Waals surface area contributed by atoms with Crippen LogP contribution in [-0.2, 0) is 27.2 Å². The van der Waals surface area contributed by atoms with Gasteiger partial charge in [-0.05, 0) is 0 Å². The molecule has 0 aromatic carbocycles. The topological polar surface area (TPSA) is 34.1 Å². The summed E-state index contributed by atoms with van der Waals surface area (Å²) in [6.07, 6.45) is 0. The Bertz CT molecular complexity index is 99.6. The second-order valence-corrected chi connectivity index (χ2v) is 1.59. The first-order valence-corrected chi connectivity index (χ1v) is 2.82. The van der Waals surface area contributed by atoms with E-state index >= 15 is 0 Å². The summed E-state index contributed by atoms with van der Waals surface area (Å²) in [4.78, 5) is 18.2. The molecule has 2 nitrogen and oxygen atoms in total. The van der Waals surface area contributed by atoms with Crippen molar-refractivity contribution >= 4 is 8.53 Å². The fourth-order valence-electron chi connectivity index (χ4n) is 0.0170.